The lowest BCUT2D eigenvalue weighted by Crippen LogP contribution is -2.56. The van der Waals surface area contributed by atoms with Gasteiger partial charge in [-0.2, -0.15) is 9.67 Å². The number of likely N-dealkylation sites (N-methyl/N-ethyl adjacent to an activating group) is 1. The SMILES string of the molecule is CN1CCN(c2ccc(Nc3nc(N)n(-c4cc5c(nn4)-c4ccccc4CCC5)n3)cc2F)C(C2CCNCC2)C1. The van der Waals surface area contributed by atoms with Crippen LogP contribution >= 0.6 is 0 Å². The number of rotatable bonds is 5. The second-order valence-electron chi connectivity index (χ2n) is 11.7. The number of nitrogens with zero attached hydrogens (tertiary/aromatic N) is 7. The third-order valence-corrected chi connectivity index (χ3v) is 8.94. The molecular weight excluding hydrogens is 531 g/mol. The Labute approximate surface area is 245 Å². The maximum absolute atomic E-state index is 15.6. The summed E-state index contributed by atoms with van der Waals surface area (Å²) in [6.45, 7) is 4.73. The molecular formula is C31H37FN10. The van der Waals surface area contributed by atoms with Crippen molar-refractivity contribution in [3.63, 3.8) is 0 Å². The molecule has 10 nitrogen and oxygen atoms in total. The van der Waals surface area contributed by atoms with Crippen molar-refractivity contribution in [3.05, 3.63) is 65.5 Å². The van der Waals surface area contributed by atoms with Crippen LogP contribution in [0.3, 0.4) is 0 Å². The maximum Gasteiger partial charge on any atom is 0.248 e. The van der Waals surface area contributed by atoms with E-state index in [1.807, 2.05) is 24.3 Å². The fourth-order valence-electron chi connectivity index (χ4n) is 6.76. The number of piperidine rings is 1. The van der Waals surface area contributed by atoms with Crippen molar-refractivity contribution in [2.75, 3.05) is 55.7 Å². The molecule has 2 saturated heterocycles. The van der Waals surface area contributed by atoms with Crippen LogP contribution in [0.4, 0.5) is 27.7 Å². The summed E-state index contributed by atoms with van der Waals surface area (Å²) >= 11 is 0. The number of anilines is 4. The van der Waals surface area contributed by atoms with E-state index >= 15 is 4.39 Å². The van der Waals surface area contributed by atoms with Crippen LogP contribution in [0.1, 0.15) is 30.4 Å². The van der Waals surface area contributed by atoms with E-state index in [4.69, 9.17) is 5.73 Å². The van der Waals surface area contributed by atoms with Crippen LogP contribution in [0.5, 0.6) is 0 Å². The second-order valence-corrected chi connectivity index (χ2v) is 11.7. The van der Waals surface area contributed by atoms with Gasteiger partial charge in [0.15, 0.2) is 5.82 Å². The topological polar surface area (TPSA) is 113 Å². The van der Waals surface area contributed by atoms with Gasteiger partial charge in [-0.05, 0) is 93.6 Å². The quantitative estimate of drug-likeness (QED) is 0.331. The number of fused-ring (bicyclic) bond motifs is 3. The minimum Gasteiger partial charge on any atom is -0.368 e. The molecule has 7 rings (SSSR count). The molecule has 1 unspecified atom stereocenters. The highest BCUT2D eigenvalue weighted by Crippen LogP contribution is 2.33. The fourth-order valence-corrected chi connectivity index (χ4v) is 6.76. The Morgan fingerprint density at radius 1 is 1.00 bits per heavy atom. The summed E-state index contributed by atoms with van der Waals surface area (Å²) in [5.41, 5.74) is 11.9. The molecule has 42 heavy (non-hydrogen) atoms. The summed E-state index contributed by atoms with van der Waals surface area (Å²) in [6.07, 6.45) is 5.17. The smallest absolute Gasteiger partial charge is 0.248 e. The molecule has 0 bridgehead atoms. The number of hydrogen-bond acceptors (Lipinski definition) is 9. The summed E-state index contributed by atoms with van der Waals surface area (Å²) in [5, 5.41) is 20.1. The Hall–Kier alpha value is -4.09. The molecule has 0 saturated carbocycles. The molecule has 1 aliphatic carbocycles. The molecule has 11 heteroatoms. The molecule has 2 aromatic carbocycles. The minimum absolute atomic E-state index is 0.181. The summed E-state index contributed by atoms with van der Waals surface area (Å²) in [5.74, 6) is 1.25. The highest BCUT2D eigenvalue weighted by atomic mass is 19.1. The van der Waals surface area contributed by atoms with E-state index < -0.39 is 0 Å². The molecule has 0 amide bonds. The van der Waals surface area contributed by atoms with Gasteiger partial charge in [0.05, 0.1) is 11.4 Å². The van der Waals surface area contributed by atoms with Gasteiger partial charge in [-0.1, -0.05) is 24.3 Å². The number of aromatic nitrogens is 5. The van der Waals surface area contributed by atoms with E-state index in [9.17, 15) is 0 Å². The van der Waals surface area contributed by atoms with Gasteiger partial charge in [-0.3, -0.25) is 0 Å². The number of aryl methyl sites for hydroxylation is 2. The molecule has 4 N–H and O–H groups in total. The Balaban J connectivity index is 1.11. The second kappa shape index (κ2) is 11.3. The predicted octanol–water partition coefficient (Wildman–Crippen LogP) is 3.80. The molecule has 2 aliphatic heterocycles. The molecule has 0 radical (unpaired) electrons. The molecule has 2 aromatic heterocycles. The monoisotopic (exact) mass is 568 g/mol. The first-order valence-corrected chi connectivity index (χ1v) is 14.9. The van der Waals surface area contributed by atoms with Crippen LogP contribution in [-0.4, -0.2) is 75.7 Å². The van der Waals surface area contributed by atoms with Crippen LogP contribution in [0.2, 0.25) is 0 Å². The molecule has 4 heterocycles. The van der Waals surface area contributed by atoms with Gasteiger partial charge in [-0.25, -0.2) is 4.39 Å². The van der Waals surface area contributed by atoms with Gasteiger partial charge in [0.1, 0.15) is 5.82 Å². The highest BCUT2D eigenvalue weighted by Gasteiger charge is 2.34. The van der Waals surface area contributed by atoms with Crippen molar-refractivity contribution in [3.8, 4) is 17.1 Å². The lowest BCUT2D eigenvalue weighted by molar-refractivity contribution is 0.199. The van der Waals surface area contributed by atoms with Gasteiger partial charge in [0, 0.05) is 36.9 Å². The van der Waals surface area contributed by atoms with Crippen molar-refractivity contribution in [1.82, 2.24) is 35.2 Å². The van der Waals surface area contributed by atoms with Gasteiger partial charge in [0.25, 0.3) is 0 Å². The Morgan fingerprint density at radius 3 is 2.69 bits per heavy atom. The molecule has 3 aliphatic rings. The van der Waals surface area contributed by atoms with Crippen molar-refractivity contribution in [2.24, 2.45) is 5.92 Å². The van der Waals surface area contributed by atoms with E-state index in [0.29, 0.717) is 29.2 Å². The number of benzene rings is 2. The summed E-state index contributed by atoms with van der Waals surface area (Å²) in [6, 6.07) is 15.9. The minimum atomic E-state index is -0.257. The number of hydrogen-bond donors (Lipinski definition) is 3. The van der Waals surface area contributed by atoms with Gasteiger partial charge in [0.2, 0.25) is 11.9 Å². The first-order chi connectivity index (χ1) is 20.5. The fraction of sp³-hybridized carbons (Fsp3) is 0.419. The molecule has 2 fully saturated rings. The van der Waals surface area contributed by atoms with Crippen LogP contribution in [0.15, 0.2) is 48.5 Å². The lowest BCUT2D eigenvalue weighted by atomic mass is 9.87. The third kappa shape index (κ3) is 5.18. The van der Waals surface area contributed by atoms with Crippen molar-refractivity contribution in [1.29, 1.82) is 0 Å². The van der Waals surface area contributed by atoms with Crippen LogP contribution in [0, 0.1) is 11.7 Å². The van der Waals surface area contributed by atoms with Crippen molar-refractivity contribution in [2.45, 2.75) is 38.1 Å². The Bertz CT molecular complexity index is 1580. The van der Waals surface area contributed by atoms with Gasteiger partial charge >= 0.3 is 0 Å². The first kappa shape index (κ1) is 26.8. The maximum atomic E-state index is 15.6. The predicted molar refractivity (Wildman–Crippen MR) is 163 cm³/mol. The third-order valence-electron chi connectivity index (χ3n) is 8.94. The largest absolute Gasteiger partial charge is 0.368 e. The number of nitrogen functional groups attached to an aromatic ring is 1. The number of piperazine rings is 1. The standard InChI is InChI=1S/C31H37FN10/c1-40-15-16-41(27(19-40)21-11-13-34-14-12-21)26-10-9-23(18-25(26)32)35-31-36-30(33)42(39-31)28-17-22-7-4-6-20-5-2-3-8-24(20)29(22)38-37-28/h2-3,5,8-10,17-18,21,27,34H,4,6-7,11-16,19H2,1H3,(H3,33,35,36,39). The summed E-state index contributed by atoms with van der Waals surface area (Å²) in [7, 11) is 2.16. The Kier molecular flexibility index (Phi) is 7.20. The van der Waals surface area contributed by atoms with E-state index in [1.54, 1.807) is 0 Å². The zero-order valence-corrected chi connectivity index (χ0v) is 23.9. The summed E-state index contributed by atoms with van der Waals surface area (Å²) in [4.78, 5) is 9.01. The normalized spacial score (nSPS) is 19.7. The average Bonchev–Trinajstić information content (AvgIpc) is 3.26. The number of nitrogens with one attached hydrogen (secondary N) is 2. The number of nitrogens with two attached hydrogens (primary N) is 1. The molecule has 4 aromatic rings. The van der Waals surface area contributed by atoms with Crippen molar-refractivity contribution < 1.29 is 4.39 Å². The van der Waals surface area contributed by atoms with Crippen LogP contribution in [-0.2, 0) is 12.8 Å². The summed E-state index contributed by atoms with van der Waals surface area (Å²) < 4.78 is 17.1. The number of halogens is 1. The van der Waals surface area contributed by atoms with E-state index in [1.165, 1.54) is 16.3 Å². The highest BCUT2D eigenvalue weighted by molar-refractivity contribution is 5.68. The average molecular weight is 569 g/mol. The lowest BCUT2D eigenvalue weighted by Gasteiger charge is -2.46. The van der Waals surface area contributed by atoms with Gasteiger partial charge in [-0.15, -0.1) is 15.3 Å². The Morgan fingerprint density at radius 2 is 1.83 bits per heavy atom. The zero-order valence-electron chi connectivity index (χ0n) is 23.9. The first-order valence-electron chi connectivity index (χ1n) is 14.9. The molecule has 0 spiro atoms. The van der Waals surface area contributed by atoms with E-state index in [2.05, 4.69) is 66.0 Å². The van der Waals surface area contributed by atoms with Gasteiger partial charge < -0.3 is 26.2 Å². The molecule has 1 atom stereocenters. The van der Waals surface area contributed by atoms with E-state index in [0.717, 1.165) is 81.6 Å². The van der Waals surface area contributed by atoms with Crippen LogP contribution < -0.4 is 21.3 Å². The van der Waals surface area contributed by atoms with E-state index in [-0.39, 0.29) is 17.7 Å². The van der Waals surface area contributed by atoms with Crippen molar-refractivity contribution >= 4 is 23.3 Å². The zero-order chi connectivity index (χ0) is 28.6. The molecule has 218 valence electrons. The van der Waals surface area contributed by atoms with Crippen LogP contribution in [0.25, 0.3) is 17.1 Å².